The molecule has 1 amide bonds. The third kappa shape index (κ3) is 4.66. The maximum absolute atomic E-state index is 12.7. The van der Waals surface area contributed by atoms with Crippen LogP contribution in [0.1, 0.15) is 12.8 Å². The third-order valence-corrected chi connectivity index (χ3v) is 6.81. The van der Waals surface area contributed by atoms with Crippen LogP contribution in [0.3, 0.4) is 0 Å². The van der Waals surface area contributed by atoms with Gasteiger partial charge in [-0.15, -0.1) is 21.5 Å². The number of hydrogen-bond acceptors (Lipinski definition) is 7. The Kier molecular flexibility index (Phi) is 5.80. The van der Waals surface area contributed by atoms with E-state index >= 15 is 0 Å². The van der Waals surface area contributed by atoms with Crippen LogP contribution >= 0.6 is 11.3 Å². The van der Waals surface area contributed by atoms with Crippen molar-refractivity contribution in [2.24, 2.45) is 11.1 Å². The summed E-state index contributed by atoms with van der Waals surface area (Å²) in [5, 5.41) is 18.6. The Hall–Kier alpha value is -2.82. The predicted molar refractivity (Wildman–Crippen MR) is 117 cm³/mol. The Bertz CT molecular complexity index is 1110. The molecule has 1 saturated heterocycles. The van der Waals surface area contributed by atoms with E-state index < -0.39 is 10.0 Å². The van der Waals surface area contributed by atoms with Crippen molar-refractivity contribution in [1.82, 2.24) is 10.2 Å². The fourth-order valence-corrected chi connectivity index (χ4v) is 4.63. The number of piperidine rings is 1. The van der Waals surface area contributed by atoms with Crippen LogP contribution in [-0.4, -0.2) is 37.6 Å². The molecule has 1 aliphatic rings. The number of aromatic nitrogens is 2. The molecule has 3 heterocycles. The summed E-state index contributed by atoms with van der Waals surface area (Å²) >= 11 is 1.62. The molecule has 0 radical (unpaired) electrons. The molecule has 0 saturated carbocycles. The first-order valence-electron chi connectivity index (χ1n) is 9.46. The first-order chi connectivity index (χ1) is 14.4. The smallest absolute Gasteiger partial charge is 0.238 e. The van der Waals surface area contributed by atoms with E-state index in [0.717, 1.165) is 35.8 Å². The van der Waals surface area contributed by atoms with Crippen molar-refractivity contribution in [1.29, 1.82) is 0 Å². The summed E-state index contributed by atoms with van der Waals surface area (Å²) in [4.78, 5) is 15.9. The number of benzene rings is 1. The minimum absolute atomic E-state index is 0.00825. The van der Waals surface area contributed by atoms with E-state index in [1.807, 2.05) is 29.6 Å². The van der Waals surface area contributed by atoms with Gasteiger partial charge in [-0.3, -0.25) is 4.79 Å². The number of nitrogens with one attached hydrogen (secondary N) is 1. The molecular formula is C20H21N5O3S2. The predicted octanol–water partition coefficient (Wildman–Crippen LogP) is 2.71. The van der Waals surface area contributed by atoms with Gasteiger partial charge >= 0.3 is 0 Å². The molecule has 1 aliphatic heterocycles. The average molecular weight is 444 g/mol. The van der Waals surface area contributed by atoms with E-state index in [4.69, 9.17) is 5.14 Å². The van der Waals surface area contributed by atoms with Gasteiger partial charge in [-0.1, -0.05) is 6.07 Å². The van der Waals surface area contributed by atoms with Crippen LogP contribution < -0.4 is 15.4 Å². The van der Waals surface area contributed by atoms with Gasteiger partial charge in [0.05, 0.1) is 15.7 Å². The number of amides is 1. The molecule has 1 unspecified atom stereocenters. The number of rotatable bonds is 5. The highest BCUT2D eigenvalue weighted by molar-refractivity contribution is 7.89. The Morgan fingerprint density at radius 3 is 2.57 bits per heavy atom. The largest absolute Gasteiger partial charge is 0.354 e. The molecule has 30 heavy (non-hydrogen) atoms. The summed E-state index contributed by atoms with van der Waals surface area (Å²) in [6.07, 6.45) is 1.65. The summed E-state index contributed by atoms with van der Waals surface area (Å²) < 4.78 is 22.7. The van der Waals surface area contributed by atoms with Crippen molar-refractivity contribution >= 4 is 38.8 Å². The van der Waals surface area contributed by atoms with Crippen molar-refractivity contribution in [3.05, 3.63) is 53.9 Å². The summed E-state index contributed by atoms with van der Waals surface area (Å²) in [6, 6.07) is 13.7. The van der Waals surface area contributed by atoms with E-state index in [-0.39, 0.29) is 16.7 Å². The standard InChI is InChI=1S/C20H21N5O3S2/c21-30(27,28)16-7-5-15(6-8-16)22-20(26)14-3-1-11-25(13-14)19-10-9-17(23-24-19)18-4-2-12-29-18/h2,4-10,12,14H,1,3,11,13H2,(H,22,26)(H2,21,27,28). The highest BCUT2D eigenvalue weighted by Crippen LogP contribution is 2.26. The van der Waals surface area contributed by atoms with Crippen molar-refractivity contribution < 1.29 is 13.2 Å². The molecular weight excluding hydrogens is 422 g/mol. The second kappa shape index (κ2) is 8.50. The van der Waals surface area contributed by atoms with Gasteiger partial charge in [-0.25, -0.2) is 13.6 Å². The summed E-state index contributed by atoms with van der Waals surface area (Å²) in [6.45, 7) is 1.37. The van der Waals surface area contributed by atoms with E-state index in [0.29, 0.717) is 12.2 Å². The number of thiophene rings is 1. The molecule has 1 atom stereocenters. The van der Waals surface area contributed by atoms with Gasteiger partial charge < -0.3 is 10.2 Å². The number of carbonyl (C=O) groups excluding carboxylic acids is 1. The number of primary sulfonamides is 1. The summed E-state index contributed by atoms with van der Waals surface area (Å²) in [5.74, 6) is 0.451. The summed E-state index contributed by atoms with van der Waals surface area (Å²) in [7, 11) is -3.76. The number of anilines is 2. The van der Waals surface area contributed by atoms with Crippen LogP contribution in [0.5, 0.6) is 0 Å². The molecule has 156 valence electrons. The van der Waals surface area contributed by atoms with Crippen LogP contribution in [-0.2, 0) is 14.8 Å². The van der Waals surface area contributed by atoms with Gasteiger partial charge in [0.15, 0.2) is 5.82 Å². The van der Waals surface area contributed by atoms with Crippen LogP contribution in [0, 0.1) is 5.92 Å². The number of sulfonamides is 1. The Morgan fingerprint density at radius 2 is 1.93 bits per heavy atom. The number of carbonyl (C=O) groups is 1. The number of nitrogens with zero attached hydrogens (tertiary/aromatic N) is 3. The van der Waals surface area contributed by atoms with Gasteiger partial charge in [-0.2, -0.15) is 0 Å². The van der Waals surface area contributed by atoms with E-state index in [2.05, 4.69) is 20.4 Å². The molecule has 2 aromatic heterocycles. The highest BCUT2D eigenvalue weighted by Gasteiger charge is 2.27. The zero-order chi connectivity index (χ0) is 21.1. The topological polar surface area (TPSA) is 118 Å². The third-order valence-electron chi connectivity index (χ3n) is 4.99. The van der Waals surface area contributed by atoms with Crippen molar-refractivity contribution in [2.45, 2.75) is 17.7 Å². The van der Waals surface area contributed by atoms with Crippen LogP contribution in [0.4, 0.5) is 11.5 Å². The zero-order valence-corrected chi connectivity index (χ0v) is 17.7. The molecule has 0 bridgehead atoms. The Balaban J connectivity index is 1.40. The molecule has 4 rings (SSSR count). The molecule has 0 aliphatic carbocycles. The Morgan fingerprint density at radius 1 is 1.13 bits per heavy atom. The fourth-order valence-electron chi connectivity index (χ4n) is 3.42. The maximum atomic E-state index is 12.7. The lowest BCUT2D eigenvalue weighted by molar-refractivity contribution is -0.120. The second-order valence-electron chi connectivity index (χ2n) is 7.10. The molecule has 8 nitrogen and oxygen atoms in total. The Labute approximate surface area is 178 Å². The monoisotopic (exact) mass is 443 g/mol. The van der Waals surface area contributed by atoms with Gasteiger partial charge in [0.2, 0.25) is 15.9 Å². The lowest BCUT2D eigenvalue weighted by Crippen LogP contribution is -2.41. The van der Waals surface area contributed by atoms with Crippen LogP contribution in [0.2, 0.25) is 0 Å². The van der Waals surface area contributed by atoms with E-state index in [1.165, 1.54) is 24.3 Å². The minimum Gasteiger partial charge on any atom is -0.354 e. The maximum Gasteiger partial charge on any atom is 0.238 e. The van der Waals surface area contributed by atoms with Crippen LogP contribution in [0.15, 0.2) is 58.8 Å². The minimum atomic E-state index is -3.76. The molecule has 0 spiro atoms. The van der Waals surface area contributed by atoms with Crippen molar-refractivity contribution in [2.75, 3.05) is 23.3 Å². The normalized spacial score (nSPS) is 17.0. The quantitative estimate of drug-likeness (QED) is 0.626. The lowest BCUT2D eigenvalue weighted by Gasteiger charge is -2.32. The molecule has 1 aromatic carbocycles. The molecule has 10 heteroatoms. The lowest BCUT2D eigenvalue weighted by atomic mass is 9.97. The summed E-state index contributed by atoms with van der Waals surface area (Å²) in [5.41, 5.74) is 1.37. The van der Waals surface area contributed by atoms with Crippen molar-refractivity contribution in [3.63, 3.8) is 0 Å². The first kappa shape index (κ1) is 20.5. The number of nitrogens with two attached hydrogens (primary N) is 1. The van der Waals surface area contributed by atoms with Gasteiger partial charge in [-0.05, 0) is 60.7 Å². The SMILES string of the molecule is NS(=O)(=O)c1ccc(NC(=O)C2CCCN(c3ccc(-c4cccs4)nn3)C2)cc1. The second-order valence-corrected chi connectivity index (χ2v) is 9.61. The first-order valence-corrected chi connectivity index (χ1v) is 11.9. The molecule has 3 N–H and O–H groups in total. The zero-order valence-electron chi connectivity index (χ0n) is 16.1. The van der Waals surface area contributed by atoms with Gasteiger partial charge in [0.25, 0.3) is 0 Å². The van der Waals surface area contributed by atoms with Crippen molar-refractivity contribution in [3.8, 4) is 10.6 Å². The van der Waals surface area contributed by atoms with E-state index in [9.17, 15) is 13.2 Å². The molecule has 3 aromatic rings. The van der Waals surface area contributed by atoms with Crippen LogP contribution in [0.25, 0.3) is 10.6 Å². The van der Waals surface area contributed by atoms with Gasteiger partial charge in [0.1, 0.15) is 5.69 Å². The number of hydrogen-bond donors (Lipinski definition) is 2. The molecule has 1 fully saturated rings. The highest BCUT2D eigenvalue weighted by atomic mass is 32.2. The van der Waals surface area contributed by atoms with E-state index in [1.54, 1.807) is 11.3 Å². The fraction of sp³-hybridized carbons (Fsp3) is 0.250. The average Bonchev–Trinajstić information content (AvgIpc) is 3.29. The van der Waals surface area contributed by atoms with Gasteiger partial charge in [0, 0.05) is 18.8 Å².